The third kappa shape index (κ3) is 2.55. The Hall–Kier alpha value is -2.44. The van der Waals surface area contributed by atoms with Crippen LogP contribution in [0.5, 0.6) is 0 Å². The molecule has 1 aromatic carbocycles. The smallest absolute Gasteiger partial charge is 0.362 e. The molecule has 0 bridgehead atoms. The van der Waals surface area contributed by atoms with Crippen molar-refractivity contribution >= 4 is 5.78 Å². The number of azo groups is 1. The van der Waals surface area contributed by atoms with E-state index in [0.29, 0.717) is 31.3 Å². The van der Waals surface area contributed by atoms with Gasteiger partial charge in [-0.15, -0.1) is 5.11 Å². The number of allylic oxidation sites excluding steroid dienone is 3. The summed E-state index contributed by atoms with van der Waals surface area (Å²) in [6.07, 6.45) is -2.59. The van der Waals surface area contributed by atoms with E-state index in [1.807, 2.05) is 38.1 Å². The van der Waals surface area contributed by atoms with Crippen LogP contribution in [0.3, 0.4) is 0 Å². The number of carbonyl (C=O) groups is 1. The van der Waals surface area contributed by atoms with Crippen molar-refractivity contribution < 1.29 is 18.0 Å². The van der Waals surface area contributed by atoms with Gasteiger partial charge in [0.05, 0.1) is 5.41 Å². The summed E-state index contributed by atoms with van der Waals surface area (Å²) in [4.78, 5) is 13.4. The minimum atomic E-state index is -4.62. The molecule has 0 fully saturated rings. The normalized spacial score (nSPS) is 30.2. The van der Waals surface area contributed by atoms with Crippen LogP contribution < -0.4 is 5.32 Å². The standard InChI is InChI=1S/C22H22F3N3O/c1-20(2)10-14-16(15(29)11-20)21(9-5-7-12-6-3-4-8-13(12)21)17-18(22(23,24)25)27-28-19(17)26-14/h3-4,6,8,19,26H,5,7,9-11H2,1-2H3. The summed E-state index contributed by atoms with van der Waals surface area (Å²) in [7, 11) is 0. The van der Waals surface area contributed by atoms with Crippen molar-refractivity contribution in [3.63, 3.8) is 0 Å². The summed E-state index contributed by atoms with van der Waals surface area (Å²) in [5, 5.41) is 10.7. The second-order valence-corrected chi connectivity index (χ2v) is 9.23. The molecule has 29 heavy (non-hydrogen) atoms. The SMILES string of the molecule is CC1(C)CC(=O)C2=C(C1)NC1N=NC(C(F)(F)F)=C1C21CCCc2ccccc21. The lowest BCUT2D eigenvalue weighted by Gasteiger charge is -2.50. The molecule has 1 spiro atoms. The predicted octanol–water partition coefficient (Wildman–Crippen LogP) is 5.12. The van der Waals surface area contributed by atoms with Gasteiger partial charge in [-0.3, -0.25) is 4.79 Å². The molecule has 2 unspecified atom stereocenters. The number of Topliss-reactive ketones (excluding diaryl/α,β-unsaturated/α-hetero) is 1. The van der Waals surface area contributed by atoms with Crippen molar-refractivity contribution in [3.05, 3.63) is 57.9 Å². The van der Waals surface area contributed by atoms with E-state index in [-0.39, 0.29) is 16.8 Å². The Morgan fingerprint density at radius 2 is 1.93 bits per heavy atom. The summed E-state index contributed by atoms with van der Waals surface area (Å²) < 4.78 is 41.8. The van der Waals surface area contributed by atoms with Crippen molar-refractivity contribution in [2.24, 2.45) is 15.6 Å². The molecule has 5 rings (SSSR count). The lowest BCUT2D eigenvalue weighted by atomic mass is 9.55. The monoisotopic (exact) mass is 401 g/mol. The zero-order chi connectivity index (χ0) is 20.6. The van der Waals surface area contributed by atoms with Crippen LogP contribution in [-0.2, 0) is 16.6 Å². The molecule has 0 saturated carbocycles. The fraction of sp³-hybridized carbons (Fsp3) is 0.500. The molecule has 7 heteroatoms. The number of nitrogens with one attached hydrogen (secondary N) is 1. The highest BCUT2D eigenvalue weighted by molar-refractivity contribution is 6.01. The largest absolute Gasteiger partial charge is 0.435 e. The summed E-state index contributed by atoms with van der Waals surface area (Å²) in [5.74, 6) is -0.0696. The third-order valence-electron chi connectivity index (χ3n) is 6.62. The molecule has 0 amide bonds. The van der Waals surface area contributed by atoms with Gasteiger partial charge in [-0.05, 0) is 42.2 Å². The van der Waals surface area contributed by atoms with E-state index in [9.17, 15) is 18.0 Å². The minimum Gasteiger partial charge on any atom is -0.362 e. The summed E-state index contributed by atoms with van der Waals surface area (Å²) in [5.41, 5.74) is 0.847. The van der Waals surface area contributed by atoms with Gasteiger partial charge < -0.3 is 5.32 Å². The maximum atomic E-state index is 13.9. The van der Waals surface area contributed by atoms with Gasteiger partial charge in [-0.1, -0.05) is 38.1 Å². The van der Waals surface area contributed by atoms with Gasteiger partial charge in [0, 0.05) is 23.3 Å². The first-order valence-electron chi connectivity index (χ1n) is 9.98. The molecule has 4 aliphatic rings. The highest BCUT2D eigenvalue weighted by Crippen LogP contribution is 2.58. The first-order chi connectivity index (χ1) is 13.6. The van der Waals surface area contributed by atoms with Gasteiger partial charge in [0.25, 0.3) is 0 Å². The number of ketones is 1. The topological polar surface area (TPSA) is 53.8 Å². The van der Waals surface area contributed by atoms with Gasteiger partial charge in [0.2, 0.25) is 0 Å². The van der Waals surface area contributed by atoms with Crippen molar-refractivity contribution in [1.29, 1.82) is 0 Å². The predicted molar refractivity (Wildman–Crippen MR) is 101 cm³/mol. The number of carbonyl (C=O) groups excluding carboxylic acids is 1. The molecule has 152 valence electrons. The Bertz CT molecular complexity index is 1020. The molecule has 2 atom stereocenters. The van der Waals surface area contributed by atoms with Crippen LogP contribution in [0.4, 0.5) is 13.2 Å². The maximum absolute atomic E-state index is 13.9. The average Bonchev–Trinajstić information content (AvgIpc) is 3.05. The maximum Gasteiger partial charge on any atom is 0.435 e. The minimum absolute atomic E-state index is 0.0696. The lowest BCUT2D eigenvalue weighted by Crippen LogP contribution is -2.53. The molecule has 1 aromatic rings. The van der Waals surface area contributed by atoms with Gasteiger partial charge in [0.1, 0.15) is 0 Å². The Morgan fingerprint density at radius 3 is 2.69 bits per heavy atom. The van der Waals surface area contributed by atoms with Crippen LogP contribution >= 0.6 is 0 Å². The van der Waals surface area contributed by atoms with Gasteiger partial charge in [-0.2, -0.15) is 18.3 Å². The molecular formula is C22H22F3N3O. The number of fused-ring (bicyclic) bond motifs is 5. The van der Waals surface area contributed by atoms with Crippen LogP contribution in [0.15, 0.2) is 57.0 Å². The van der Waals surface area contributed by atoms with Crippen LogP contribution in [-0.4, -0.2) is 18.1 Å². The average molecular weight is 401 g/mol. The molecule has 2 aliphatic carbocycles. The number of hydrogen-bond acceptors (Lipinski definition) is 4. The molecule has 0 saturated heterocycles. The third-order valence-corrected chi connectivity index (χ3v) is 6.62. The van der Waals surface area contributed by atoms with E-state index >= 15 is 0 Å². The fourth-order valence-electron chi connectivity index (χ4n) is 5.71. The first-order valence-corrected chi connectivity index (χ1v) is 9.98. The Balaban J connectivity index is 1.87. The summed E-state index contributed by atoms with van der Waals surface area (Å²) >= 11 is 0. The molecule has 2 heterocycles. The highest BCUT2D eigenvalue weighted by atomic mass is 19.4. The number of alkyl halides is 3. The van der Waals surface area contributed by atoms with Crippen LogP contribution in [0, 0.1) is 5.41 Å². The Morgan fingerprint density at radius 1 is 1.17 bits per heavy atom. The van der Waals surface area contributed by atoms with Crippen LogP contribution in [0.25, 0.3) is 0 Å². The number of rotatable bonds is 0. The van der Waals surface area contributed by atoms with Crippen molar-refractivity contribution in [2.45, 2.75) is 63.7 Å². The van der Waals surface area contributed by atoms with E-state index in [2.05, 4.69) is 15.5 Å². The van der Waals surface area contributed by atoms with Gasteiger partial charge >= 0.3 is 6.18 Å². The molecule has 2 aliphatic heterocycles. The molecule has 1 N–H and O–H groups in total. The van der Waals surface area contributed by atoms with E-state index in [4.69, 9.17) is 0 Å². The quantitative estimate of drug-likeness (QED) is 0.656. The highest BCUT2D eigenvalue weighted by Gasteiger charge is 2.59. The Kier molecular flexibility index (Phi) is 3.72. The number of nitrogens with zero attached hydrogens (tertiary/aromatic N) is 2. The Labute approximate surface area is 167 Å². The lowest BCUT2D eigenvalue weighted by molar-refractivity contribution is -0.119. The number of halogens is 3. The second kappa shape index (κ2) is 5.80. The molecule has 0 aromatic heterocycles. The van der Waals surface area contributed by atoms with E-state index in [1.165, 1.54) is 0 Å². The fourth-order valence-corrected chi connectivity index (χ4v) is 5.71. The van der Waals surface area contributed by atoms with Crippen molar-refractivity contribution in [3.8, 4) is 0 Å². The first kappa shape index (κ1) is 18.6. The summed E-state index contributed by atoms with van der Waals surface area (Å²) in [6.45, 7) is 4.03. The number of hydrogen-bond donors (Lipinski definition) is 1. The number of aryl methyl sites for hydroxylation is 1. The van der Waals surface area contributed by atoms with E-state index in [1.54, 1.807) is 0 Å². The van der Waals surface area contributed by atoms with E-state index < -0.39 is 23.5 Å². The zero-order valence-electron chi connectivity index (χ0n) is 16.4. The van der Waals surface area contributed by atoms with Crippen LogP contribution in [0.2, 0.25) is 0 Å². The van der Waals surface area contributed by atoms with Crippen molar-refractivity contribution in [1.82, 2.24) is 5.32 Å². The van der Waals surface area contributed by atoms with Crippen LogP contribution in [0.1, 0.15) is 50.7 Å². The number of benzene rings is 1. The van der Waals surface area contributed by atoms with Gasteiger partial charge in [-0.25, -0.2) is 0 Å². The van der Waals surface area contributed by atoms with Gasteiger partial charge in [0.15, 0.2) is 17.6 Å². The molecular weight excluding hydrogens is 379 g/mol. The van der Waals surface area contributed by atoms with Crippen molar-refractivity contribution in [2.75, 3.05) is 0 Å². The molecule has 0 radical (unpaired) electrons. The summed E-state index contributed by atoms with van der Waals surface area (Å²) in [6, 6.07) is 7.59. The second-order valence-electron chi connectivity index (χ2n) is 9.23. The zero-order valence-corrected chi connectivity index (χ0v) is 16.4. The molecule has 4 nitrogen and oxygen atoms in total. The van der Waals surface area contributed by atoms with E-state index in [0.717, 1.165) is 23.2 Å².